The van der Waals surface area contributed by atoms with Crippen LogP contribution in [-0.2, 0) is 5.66 Å². The predicted molar refractivity (Wildman–Crippen MR) is 122 cm³/mol. The normalized spacial score (nSPS) is 13.4. The van der Waals surface area contributed by atoms with Gasteiger partial charge in [0, 0.05) is 22.5 Å². The lowest BCUT2D eigenvalue weighted by Crippen LogP contribution is -2.43. The molecule has 2 nitrogen and oxygen atoms in total. The summed E-state index contributed by atoms with van der Waals surface area (Å²) >= 11 is 0. The minimum atomic E-state index is -0.550. The maximum absolute atomic E-state index is 3.90. The molecule has 5 rings (SSSR count). The molecule has 1 aliphatic carbocycles. The number of para-hydroxylation sites is 2. The molecule has 0 aromatic heterocycles. The third-order valence-corrected chi connectivity index (χ3v) is 5.89. The van der Waals surface area contributed by atoms with Crippen LogP contribution in [0.5, 0.6) is 0 Å². The second kappa shape index (κ2) is 6.82. The molecule has 0 spiro atoms. The van der Waals surface area contributed by atoms with E-state index in [0.717, 1.165) is 11.4 Å². The SMILES string of the molecule is Cc1ccccc1NC1(Nc2ccccc2C)c2ccccc2-c2ccccc21. The zero-order valence-corrected chi connectivity index (χ0v) is 16.7. The fraction of sp³-hybridized carbons (Fsp3) is 0.111. The average molecular weight is 377 g/mol. The molecule has 1 aliphatic rings. The van der Waals surface area contributed by atoms with Crippen molar-refractivity contribution in [2.24, 2.45) is 0 Å². The number of hydrogen-bond donors (Lipinski definition) is 2. The molecule has 2 N–H and O–H groups in total. The summed E-state index contributed by atoms with van der Waals surface area (Å²) < 4.78 is 0. The van der Waals surface area contributed by atoms with Crippen LogP contribution in [0.25, 0.3) is 11.1 Å². The fourth-order valence-electron chi connectivity index (χ4n) is 4.37. The second-order valence-corrected chi connectivity index (χ2v) is 7.72. The summed E-state index contributed by atoms with van der Waals surface area (Å²) in [5.74, 6) is 0. The lowest BCUT2D eigenvalue weighted by Gasteiger charge is -2.37. The highest BCUT2D eigenvalue weighted by Crippen LogP contribution is 2.49. The largest absolute Gasteiger partial charge is 0.355 e. The second-order valence-electron chi connectivity index (χ2n) is 7.72. The van der Waals surface area contributed by atoms with E-state index in [4.69, 9.17) is 0 Å². The smallest absolute Gasteiger partial charge is 0.162 e. The van der Waals surface area contributed by atoms with Gasteiger partial charge in [0.2, 0.25) is 0 Å². The van der Waals surface area contributed by atoms with E-state index in [2.05, 4.69) is 122 Å². The summed E-state index contributed by atoms with van der Waals surface area (Å²) in [6.45, 7) is 4.30. The molecule has 0 heterocycles. The lowest BCUT2D eigenvalue weighted by atomic mass is 9.94. The Hall–Kier alpha value is -3.52. The maximum Gasteiger partial charge on any atom is 0.162 e. The summed E-state index contributed by atoms with van der Waals surface area (Å²) in [4.78, 5) is 0. The Morgan fingerprint density at radius 1 is 0.483 bits per heavy atom. The first-order valence-electron chi connectivity index (χ1n) is 10.1. The highest BCUT2D eigenvalue weighted by Gasteiger charge is 2.43. The van der Waals surface area contributed by atoms with Crippen molar-refractivity contribution in [1.29, 1.82) is 0 Å². The van der Waals surface area contributed by atoms with Gasteiger partial charge in [-0.2, -0.15) is 0 Å². The van der Waals surface area contributed by atoms with Crippen LogP contribution in [0.1, 0.15) is 22.3 Å². The Morgan fingerprint density at radius 3 is 1.31 bits per heavy atom. The Morgan fingerprint density at radius 2 is 0.862 bits per heavy atom. The average Bonchev–Trinajstić information content (AvgIpc) is 3.02. The third kappa shape index (κ3) is 2.80. The van der Waals surface area contributed by atoms with Crippen LogP contribution in [0, 0.1) is 13.8 Å². The minimum Gasteiger partial charge on any atom is -0.355 e. The molecule has 4 aromatic carbocycles. The van der Waals surface area contributed by atoms with Crippen LogP contribution in [0.4, 0.5) is 11.4 Å². The van der Waals surface area contributed by atoms with Crippen LogP contribution in [0.3, 0.4) is 0 Å². The van der Waals surface area contributed by atoms with Gasteiger partial charge in [0.15, 0.2) is 5.66 Å². The Labute approximate surface area is 172 Å². The lowest BCUT2D eigenvalue weighted by molar-refractivity contribution is 0.698. The van der Waals surface area contributed by atoms with Crippen molar-refractivity contribution < 1.29 is 0 Å². The van der Waals surface area contributed by atoms with E-state index < -0.39 is 5.66 Å². The van der Waals surface area contributed by atoms with Crippen LogP contribution in [0.15, 0.2) is 97.1 Å². The van der Waals surface area contributed by atoms with Crippen molar-refractivity contribution in [2.75, 3.05) is 10.6 Å². The quantitative estimate of drug-likeness (QED) is 0.387. The molecule has 142 valence electrons. The molecule has 0 aliphatic heterocycles. The fourth-order valence-corrected chi connectivity index (χ4v) is 4.37. The monoisotopic (exact) mass is 376 g/mol. The van der Waals surface area contributed by atoms with Crippen LogP contribution in [0.2, 0.25) is 0 Å². The Kier molecular flexibility index (Phi) is 4.13. The van der Waals surface area contributed by atoms with Gasteiger partial charge >= 0.3 is 0 Å². The van der Waals surface area contributed by atoms with Gasteiger partial charge in [-0.25, -0.2) is 0 Å². The van der Waals surface area contributed by atoms with Gasteiger partial charge in [0.25, 0.3) is 0 Å². The molecule has 0 unspecified atom stereocenters. The van der Waals surface area contributed by atoms with E-state index in [-0.39, 0.29) is 0 Å². The first-order chi connectivity index (χ1) is 14.2. The molecular weight excluding hydrogens is 352 g/mol. The summed E-state index contributed by atoms with van der Waals surface area (Å²) in [6, 6.07) is 34.3. The van der Waals surface area contributed by atoms with Gasteiger partial charge in [-0.15, -0.1) is 0 Å². The maximum atomic E-state index is 3.90. The molecule has 4 aromatic rings. The predicted octanol–water partition coefficient (Wildman–Crippen LogP) is 6.71. The molecule has 0 fully saturated rings. The summed E-state index contributed by atoms with van der Waals surface area (Å²) in [5.41, 5.74) is 9.17. The number of rotatable bonds is 4. The zero-order chi connectivity index (χ0) is 19.8. The summed E-state index contributed by atoms with van der Waals surface area (Å²) in [7, 11) is 0. The molecule has 0 radical (unpaired) electrons. The van der Waals surface area contributed by atoms with Crippen molar-refractivity contribution in [1.82, 2.24) is 0 Å². The van der Waals surface area contributed by atoms with E-state index in [0.29, 0.717) is 0 Å². The standard InChI is InChI=1S/C27H24N2/c1-19-11-3-9-17-25(19)28-27(29-26-18-10-4-12-20(26)2)23-15-7-5-13-21(23)22-14-6-8-16-24(22)27/h3-18,28-29H,1-2H3. The number of fused-ring (bicyclic) bond motifs is 3. The van der Waals surface area contributed by atoms with E-state index in [1.807, 2.05) is 0 Å². The molecular formula is C27H24N2. The Balaban J connectivity index is 1.77. The number of nitrogens with one attached hydrogen (secondary N) is 2. The first-order valence-corrected chi connectivity index (χ1v) is 10.1. The molecule has 0 atom stereocenters. The van der Waals surface area contributed by atoms with Gasteiger partial charge in [-0.1, -0.05) is 84.9 Å². The third-order valence-electron chi connectivity index (χ3n) is 5.89. The van der Waals surface area contributed by atoms with Crippen LogP contribution < -0.4 is 10.6 Å². The summed E-state index contributed by atoms with van der Waals surface area (Å²) in [6.07, 6.45) is 0. The number of aryl methyl sites for hydroxylation is 2. The van der Waals surface area contributed by atoms with Crippen LogP contribution in [-0.4, -0.2) is 0 Å². The highest BCUT2D eigenvalue weighted by atomic mass is 15.2. The van der Waals surface area contributed by atoms with Gasteiger partial charge in [0.05, 0.1) is 0 Å². The zero-order valence-electron chi connectivity index (χ0n) is 16.7. The molecule has 0 saturated heterocycles. The van der Waals surface area contributed by atoms with Crippen molar-refractivity contribution >= 4 is 11.4 Å². The number of benzene rings is 4. The van der Waals surface area contributed by atoms with E-state index in [1.54, 1.807) is 0 Å². The van der Waals surface area contributed by atoms with Crippen molar-refractivity contribution in [3.8, 4) is 11.1 Å². The van der Waals surface area contributed by atoms with Crippen LogP contribution >= 0.6 is 0 Å². The Bertz CT molecular complexity index is 1100. The van der Waals surface area contributed by atoms with Gasteiger partial charge in [-0.05, 0) is 48.2 Å². The first kappa shape index (κ1) is 17.6. The van der Waals surface area contributed by atoms with Crippen molar-refractivity contribution in [3.05, 3.63) is 119 Å². The van der Waals surface area contributed by atoms with Gasteiger partial charge in [-0.3, -0.25) is 0 Å². The molecule has 0 bridgehead atoms. The van der Waals surface area contributed by atoms with Gasteiger partial charge in [0.1, 0.15) is 0 Å². The molecule has 29 heavy (non-hydrogen) atoms. The molecule has 0 saturated carbocycles. The van der Waals surface area contributed by atoms with Crippen molar-refractivity contribution in [3.63, 3.8) is 0 Å². The van der Waals surface area contributed by atoms with Crippen molar-refractivity contribution in [2.45, 2.75) is 19.5 Å². The molecule has 0 amide bonds. The van der Waals surface area contributed by atoms with E-state index in [1.165, 1.54) is 33.4 Å². The summed E-state index contributed by atoms with van der Waals surface area (Å²) in [5, 5.41) is 7.80. The highest BCUT2D eigenvalue weighted by molar-refractivity contribution is 5.85. The topological polar surface area (TPSA) is 24.1 Å². The van der Waals surface area contributed by atoms with Gasteiger partial charge < -0.3 is 10.6 Å². The van der Waals surface area contributed by atoms with E-state index >= 15 is 0 Å². The number of hydrogen-bond acceptors (Lipinski definition) is 2. The minimum absolute atomic E-state index is 0.550. The van der Waals surface area contributed by atoms with E-state index in [9.17, 15) is 0 Å². The number of anilines is 2. The molecule has 2 heteroatoms.